The zero-order valence-corrected chi connectivity index (χ0v) is 14.9. The Balaban J connectivity index is 1.62. The van der Waals surface area contributed by atoms with E-state index in [-0.39, 0.29) is 43.0 Å². The van der Waals surface area contributed by atoms with Gasteiger partial charge in [0.25, 0.3) is 0 Å². The molecule has 0 spiro atoms. The van der Waals surface area contributed by atoms with Crippen LogP contribution in [0.25, 0.3) is 0 Å². The SMILES string of the molecule is CC(=O)Nc1cccc(N2C[C@@H](C(=O)NCc3ccc(F)cc3)CC2=O)c1. The van der Waals surface area contributed by atoms with Crippen molar-refractivity contribution >= 4 is 29.1 Å². The van der Waals surface area contributed by atoms with Gasteiger partial charge in [0.05, 0.1) is 5.92 Å². The number of nitrogens with one attached hydrogen (secondary N) is 2. The maximum Gasteiger partial charge on any atom is 0.227 e. The second kappa shape index (κ2) is 7.99. The fourth-order valence-corrected chi connectivity index (χ4v) is 3.02. The molecule has 0 bridgehead atoms. The van der Waals surface area contributed by atoms with Crippen molar-refractivity contribution in [1.29, 1.82) is 0 Å². The molecule has 0 aromatic heterocycles. The van der Waals surface area contributed by atoms with Crippen molar-refractivity contribution in [3.8, 4) is 0 Å². The molecule has 2 aromatic rings. The van der Waals surface area contributed by atoms with Gasteiger partial charge in [-0.25, -0.2) is 4.39 Å². The number of carbonyl (C=O) groups is 3. The summed E-state index contributed by atoms with van der Waals surface area (Å²) in [6.45, 7) is 1.97. The van der Waals surface area contributed by atoms with E-state index in [1.807, 2.05) is 0 Å². The van der Waals surface area contributed by atoms with Crippen LogP contribution in [0.3, 0.4) is 0 Å². The molecule has 0 unspecified atom stereocenters. The minimum atomic E-state index is -0.456. The Morgan fingerprint density at radius 3 is 2.63 bits per heavy atom. The van der Waals surface area contributed by atoms with Crippen LogP contribution in [0.4, 0.5) is 15.8 Å². The van der Waals surface area contributed by atoms with E-state index in [4.69, 9.17) is 0 Å². The number of anilines is 2. The van der Waals surface area contributed by atoms with Crippen molar-refractivity contribution in [3.63, 3.8) is 0 Å². The third-order valence-corrected chi connectivity index (χ3v) is 4.35. The highest BCUT2D eigenvalue weighted by atomic mass is 19.1. The van der Waals surface area contributed by atoms with Crippen molar-refractivity contribution in [2.24, 2.45) is 5.92 Å². The van der Waals surface area contributed by atoms with Crippen LogP contribution < -0.4 is 15.5 Å². The zero-order chi connectivity index (χ0) is 19.4. The van der Waals surface area contributed by atoms with Crippen molar-refractivity contribution in [1.82, 2.24) is 5.32 Å². The standard InChI is InChI=1S/C20H20FN3O3/c1-13(25)23-17-3-2-4-18(10-17)24-12-15(9-19(24)26)20(27)22-11-14-5-7-16(21)8-6-14/h2-8,10,15H,9,11-12H2,1H3,(H,22,27)(H,23,25)/t15-/m0/s1. The summed E-state index contributed by atoms with van der Waals surface area (Å²) in [5.74, 6) is -1.34. The zero-order valence-electron chi connectivity index (χ0n) is 14.9. The molecule has 0 aliphatic carbocycles. The van der Waals surface area contributed by atoms with Crippen LogP contribution in [0, 0.1) is 11.7 Å². The maximum atomic E-state index is 12.9. The number of hydrogen-bond donors (Lipinski definition) is 2. The highest BCUT2D eigenvalue weighted by Gasteiger charge is 2.35. The van der Waals surface area contributed by atoms with Gasteiger partial charge in [0.1, 0.15) is 5.82 Å². The molecule has 6 nitrogen and oxygen atoms in total. The summed E-state index contributed by atoms with van der Waals surface area (Å²) in [6, 6.07) is 12.8. The normalized spacial score (nSPS) is 16.3. The third-order valence-electron chi connectivity index (χ3n) is 4.35. The van der Waals surface area contributed by atoms with E-state index in [0.717, 1.165) is 5.56 Å². The molecule has 1 fully saturated rings. The summed E-state index contributed by atoms with van der Waals surface area (Å²) in [6.07, 6.45) is 0.125. The van der Waals surface area contributed by atoms with Gasteiger partial charge in [-0.05, 0) is 35.9 Å². The van der Waals surface area contributed by atoms with Crippen molar-refractivity contribution < 1.29 is 18.8 Å². The highest BCUT2D eigenvalue weighted by molar-refractivity contribution is 6.01. The predicted molar refractivity (Wildman–Crippen MR) is 99.5 cm³/mol. The summed E-state index contributed by atoms with van der Waals surface area (Å²) in [7, 11) is 0. The molecule has 27 heavy (non-hydrogen) atoms. The molecule has 2 N–H and O–H groups in total. The van der Waals surface area contributed by atoms with E-state index in [9.17, 15) is 18.8 Å². The Labute approximate surface area is 156 Å². The molecule has 1 heterocycles. The molecule has 2 aromatic carbocycles. The number of amides is 3. The van der Waals surface area contributed by atoms with Crippen LogP contribution in [0.2, 0.25) is 0 Å². The van der Waals surface area contributed by atoms with E-state index < -0.39 is 5.92 Å². The maximum absolute atomic E-state index is 12.9. The topological polar surface area (TPSA) is 78.5 Å². The van der Waals surface area contributed by atoms with Crippen molar-refractivity contribution in [2.75, 3.05) is 16.8 Å². The van der Waals surface area contributed by atoms with Gasteiger partial charge in [-0.1, -0.05) is 18.2 Å². The quantitative estimate of drug-likeness (QED) is 0.850. The fourth-order valence-electron chi connectivity index (χ4n) is 3.02. The first-order valence-corrected chi connectivity index (χ1v) is 8.62. The largest absolute Gasteiger partial charge is 0.352 e. The Bertz CT molecular complexity index is 867. The van der Waals surface area contributed by atoms with Gasteiger partial charge in [0, 0.05) is 37.8 Å². The second-order valence-electron chi connectivity index (χ2n) is 6.48. The lowest BCUT2D eigenvalue weighted by molar-refractivity contribution is -0.126. The van der Waals surface area contributed by atoms with E-state index in [1.54, 1.807) is 41.3 Å². The number of nitrogens with zero attached hydrogens (tertiary/aromatic N) is 1. The van der Waals surface area contributed by atoms with Crippen molar-refractivity contribution in [2.45, 2.75) is 19.9 Å². The van der Waals surface area contributed by atoms with Crippen LogP contribution in [-0.2, 0) is 20.9 Å². The molecule has 1 atom stereocenters. The Kier molecular flexibility index (Phi) is 5.49. The van der Waals surface area contributed by atoms with E-state index in [0.29, 0.717) is 11.4 Å². The summed E-state index contributed by atoms with van der Waals surface area (Å²) in [5, 5.41) is 5.47. The van der Waals surface area contributed by atoms with Gasteiger partial charge >= 0.3 is 0 Å². The molecule has 140 valence electrons. The molecule has 0 radical (unpaired) electrons. The lowest BCUT2D eigenvalue weighted by Crippen LogP contribution is -2.32. The van der Waals surface area contributed by atoms with Crippen LogP contribution in [-0.4, -0.2) is 24.3 Å². The first-order chi connectivity index (χ1) is 12.9. The predicted octanol–water partition coefficient (Wildman–Crippen LogP) is 2.45. The molecule has 1 aliphatic heterocycles. The molecule has 1 saturated heterocycles. The van der Waals surface area contributed by atoms with Gasteiger partial charge < -0.3 is 15.5 Å². The minimum absolute atomic E-state index is 0.125. The molecule has 3 rings (SSSR count). The summed E-state index contributed by atoms with van der Waals surface area (Å²) < 4.78 is 12.9. The van der Waals surface area contributed by atoms with Gasteiger partial charge in [-0.15, -0.1) is 0 Å². The smallest absolute Gasteiger partial charge is 0.227 e. The first-order valence-electron chi connectivity index (χ1n) is 8.62. The van der Waals surface area contributed by atoms with E-state index in [1.165, 1.54) is 19.1 Å². The monoisotopic (exact) mass is 369 g/mol. The van der Waals surface area contributed by atoms with E-state index in [2.05, 4.69) is 10.6 Å². The van der Waals surface area contributed by atoms with Crippen LogP contribution in [0.1, 0.15) is 18.9 Å². The van der Waals surface area contributed by atoms with Gasteiger partial charge in [-0.3, -0.25) is 14.4 Å². The number of halogens is 1. The summed E-state index contributed by atoms with van der Waals surface area (Å²) >= 11 is 0. The average Bonchev–Trinajstić information content (AvgIpc) is 3.02. The summed E-state index contributed by atoms with van der Waals surface area (Å²) in [5.41, 5.74) is 2.02. The van der Waals surface area contributed by atoms with Crippen LogP contribution >= 0.6 is 0 Å². The fraction of sp³-hybridized carbons (Fsp3) is 0.250. The Morgan fingerprint density at radius 1 is 1.19 bits per heavy atom. The molecule has 3 amide bonds. The summed E-state index contributed by atoms with van der Waals surface area (Å²) in [4.78, 5) is 37.5. The molecular weight excluding hydrogens is 349 g/mol. The van der Waals surface area contributed by atoms with Gasteiger partial charge in [-0.2, -0.15) is 0 Å². The second-order valence-corrected chi connectivity index (χ2v) is 6.48. The number of carbonyl (C=O) groups excluding carboxylic acids is 3. The van der Waals surface area contributed by atoms with E-state index >= 15 is 0 Å². The minimum Gasteiger partial charge on any atom is -0.352 e. The number of rotatable bonds is 5. The first kappa shape index (κ1) is 18.6. The van der Waals surface area contributed by atoms with Crippen molar-refractivity contribution in [3.05, 3.63) is 59.9 Å². The highest BCUT2D eigenvalue weighted by Crippen LogP contribution is 2.27. The third kappa shape index (κ3) is 4.69. The van der Waals surface area contributed by atoms with Crippen LogP contribution in [0.5, 0.6) is 0 Å². The van der Waals surface area contributed by atoms with Gasteiger partial charge in [0.2, 0.25) is 17.7 Å². The Hall–Kier alpha value is -3.22. The molecule has 7 heteroatoms. The number of benzene rings is 2. The van der Waals surface area contributed by atoms with Gasteiger partial charge in [0.15, 0.2) is 0 Å². The lowest BCUT2D eigenvalue weighted by atomic mass is 10.1. The number of hydrogen-bond acceptors (Lipinski definition) is 3. The molecule has 1 aliphatic rings. The van der Waals surface area contributed by atoms with Crippen LogP contribution in [0.15, 0.2) is 48.5 Å². The molecule has 0 saturated carbocycles. The molecular formula is C20H20FN3O3. The lowest BCUT2D eigenvalue weighted by Gasteiger charge is -2.18. The Morgan fingerprint density at radius 2 is 1.93 bits per heavy atom. The average molecular weight is 369 g/mol.